The van der Waals surface area contributed by atoms with Crippen molar-refractivity contribution >= 4 is 51.3 Å². The standard InChI is InChI=1S/C29H21F2N5O3S2/c1-15-6-5-13-35-16(2)22(32-26(15)35)24(37)21-23(19-7-3-4-8-20(19)31)36(27(39)25(21)38)28-33-34-29(41-28)40-14-17-9-11-18(30)12-10-17/h3-13,23,37H,14H2,1-2H3/b24-21+. The minimum Gasteiger partial charge on any atom is -0.505 e. The summed E-state index contributed by atoms with van der Waals surface area (Å²) in [5.74, 6) is -2.99. The van der Waals surface area contributed by atoms with Crippen LogP contribution >= 0.6 is 23.1 Å². The van der Waals surface area contributed by atoms with E-state index < -0.39 is 29.3 Å². The van der Waals surface area contributed by atoms with Crippen molar-refractivity contribution in [3.63, 3.8) is 0 Å². The molecule has 5 aromatic rings. The normalized spacial score (nSPS) is 16.7. The Balaban J connectivity index is 1.44. The lowest BCUT2D eigenvalue weighted by Crippen LogP contribution is -2.29. The largest absolute Gasteiger partial charge is 0.505 e. The molecule has 2 aromatic carbocycles. The molecule has 0 bridgehead atoms. The SMILES string of the molecule is Cc1cccn2c(C)c(/C(O)=C3\C(=O)C(=O)N(c4nnc(SCc5ccc(F)cc5)s4)C3c3ccccc3F)nc12. The third-order valence-corrected chi connectivity index (χ3v) is 8.96. The summed E-state index contributed by atoms with van der Waals surface area (Å²) >= 11 is 2.38. The van der Waals surface area contributed by atoms with Gasteiger partial charge in [0, 0.05) is 17.5 Å². The Morgan fingerprint density at radius 3 is 2.51 bits per heavy atom. The van der Waals surface area contributed by atoms with E-state index in [2.05, 4.69) is 15.2 Å². The Kier molecular flexibility index (Phi) is 6.88. The molecule has 0 radical (unpaired) electrons. The number of aliphatic hydroxyl groups excluding tert-OH is 1. The Morgan fingerprint density at radius 1 is 1.02 bits per heavy atom. The highest BCUT2D eigenvalue weighted by molar-refractivity contribution is 8.00. The van der Waals surface area contributed by atoms with Crippen molar-refractivity contribution in [2.45, 2.75) is 30.0 Å². The minimum atomic E-state index is -1.30. The van der Waals surface area contributed by atoms with Crippen LogP contribution in [0, 0.1) is 25.5 Å². The number of hydrogen-bond donors (Lipinski definition) is 1. The fourth-order valence-corrected chi connectivity index (χ4v) is 6.60. The van der Waals surface area contributed by atoms with Crippen LogP contribution < -0.4 is 4.90 Å². The van der Waals surface area contributed by atoms with Gasteiger partial charge in [0.25, 0.3) is 5.78 Å². The zero-order chi connectivity index (χ0) is 28.8. The molecule has 12 heteroatoms. The molecule has 41 heavy (non-hydrogen) atoms. The van der Waals surface area contributed by atoms with Crippen molar-refractivity contribution in [1.29, 1.82) is 0 Å². The molecule has 0 spiro atoms. The number of Topliss-reactive ketones (excluding diaryl/α,β-unsaturated/α-hetero) is 1. The first-order valence-electron chi connectivity index (χ1n) is 12.5. The van der Waals surface area contributed by atoms with Gasteiger partial charge in [-0.25, -0.2) is 13.8 Å². The molecule has 0 saturated carbocycles. The average Bonchev–Trinajstić information content (AvgIpc) is 3.64. The van der Waals surface area contributed by atoms with Crippen molar-refractivity contribution in [2.75, 3.05) is 4.90 Å². The molecule has 1 amide bonds. The number of carbonyl (C=O) groups is 2. The van der Waals surface area contributed by atoms with E-state index in [-0.39, 0.29) is 27.8 Å². The molecule has 1 unspecified atom stereocenters. The maximum absolute atomic E-state index is 15.2. The number of aryl methyl sites for hydroxylation is 2. The Bertz CT molecular complexity index is 1870. The van der Waals surface area contributed by atoms with Gasteiger partial charge in [0.2, 0.25) is 5.13 Å². The number of aliphatic hydroxyl groups is 1. The van der Waals surface area contributed by atoms with Gasteiger partial charge in [-0.2, -0.15) is 0 Å². The van der Waals surface area contributed by atoms with Gasteiger partial charge < -0.3 is 9.51 Å². The summed E-state index contributed by atoms with van der Waals surface area (Å²) in [6.45, 7) is 3.60. The van der Waals surface area contributed by atoms with Gasteiger partial charge in [0.1, 0.15) is 29.0 Å². The van der Waals surface area contributed by atoms with Crippen molar-refractivity contribution in [1.82, 2.24) is 19.6 Å². The van der Waals surface area contributed by atoms with Gasteiger partial charge in [-0.3, -0.25) is 14.5 Å². The number of halogens is 2. The van der Waals surface area contributed by atoms with Crippen LogP contribution in [0.3, 0.4) is 0 Å². The van der Waals surface area contributed by atoms with E-state index in [9.17, 15) is 19.1 Å². The van der Waals surface area contributed by atoms with Gasteiger partial charge in [0.05, 0.1) is 11.3 Å². The van der Waals surface area contributed by atoms with Crippen molar-refractivity contribution in [3.8, 4) is 0 Å². The van der Waals surface area contributed by atoms with Crippen molar-refractivity contribution < 1.29 is 23.5 Å². The number of ketones is 1. The van der Waals surface area contributed by atoms with Crippen LogP contribution in [0.2, 0.25) is 0 Å². The summed E-state index contributed by atoms with van der Waals surface area (Å²) in [4.78, 5) is 32.6. The van der Waals surface area contributed by atoms with Crippen LogP contribution in [-0.2, 0) is 15.3 Å². The molecule has 1 aliphatic rings. The number of thioether (sulfide) groups is 1. The van der Waals surface area contributed by atoms with Gasteiger partial charge in [-0.15, -0.1) is 10.2 Å². The van der Waals surface area contributed by atoms with Crippen LogP contribution in [0.4, 0.5) is 13.9 Å². The number of hydrogen-bond acceptors (Lipinski definition) is 8. The molecule has 1 N–H and O–H groups in total. The molecule has 206 valence electrons. The number of pyridine rings is 1. The lowest BCUT2D eigenvalue weighted by Gasteiger charge is -2.22. The number of nitrogens with zero attached hydrogens (tertiary/aromatic N) is 5. The molecule has 6 rings (SSSR count). The Morgan fingerprint density at radius 2 is 1.78 bits per heavy atom. The molecule has 8 nitrogen and oxygen atoms in total. The molecule has 1 fully saturated rings. The predicted octanol–water partition coefficient (Wildman–Crippen LogP) is 6.00. The monoisotopic (exact) mass is 589 g/mol. The fraction of sp³-hybridized carbons (Fsp3) is 0.138. The third kappa shape index (κ3) is 4.68. The summed E-state index contributed by atoms with van der Waals surface area (Å²) in [5, 5.41) is 19.9. The van der Waals surface area contributed by atoms with E-state index in [4.69, 9.17) is 0 Å². The first-order valence-corrected chi connectivity index (χ1v) is 14.3. The highest BCUT2D eigenvalue weighted by Crippen LogP contribution is 2.45. The minimum absolute atomic E-state index is 0.0153. The number of fused-ring (bicyclic) bond motifs is 1. The number of anilines is 1. The first-order chi connectivity index (χ1) is 19.7. The second kappa shape index (κ2) is 10.5. The lowest BCUT2D eigenvalue weighted by atomic mass is 9.96. The third-order valence-electron chi connectivity index (χ3n) is 6.83. The molecular weight excluding hydrogens is 568 g/mol. The maximum atomic E-state index is 15.2. The summed E-state index contributed by atoms with van der Waals surface area (Å²) in [7, 11) is 0. The summed E-state index contributed by atoms with van der Waals surface area (Å²) < 4.78 is 30.7. The average molecular weight is 590 g/mol. The second-order valence-corrected chi connectivity index (χ2v) is 11.6. The molecule has 3 aromatic heterocycles. The fourth-order valence-electron chi connectivity index (χ4n) is 4.78. The first kappa shape index (κ1) is 26.8. The number of imidazole rings is 1. The molecule has 0 aliphatic carbocycles. The van der Waals surface area contributed by atoms with E-state index in [0.29, 0.717) is 21.4 Å². The lowest BCUT2D eigenvalue weighted by molar-refractivity contribution is -0.132. The number of amides is 1. The highest BCUT2D eigenvalue weighted by Gasteiger charge is 2.49. The van der Waals surface area contributed by atoms with Gasteiger partial charge in [-0.05, 0) is 49.2 Å². The zero-order valence-corrected chi connectivity index (χ0v) is 23.3. The van der Waals surface area contributed by atoms with Crippen molar-refractivity contribution in [3.05, 3.63) is 112 Å². The topological polar surface area (TPSA) is 101 Å². The number of aromatic nitrogens is 4. The van der Waals surface area contributed by atoms with Crippen LogP contribution in [0.25, 0.3) is 11.4 Å². The van der Waals surface area contributed by atoms with Crippen molar-refractivity contribution in [2.24, 2.45) is 0 Å². The smallest absolute Gasteiger partial charge is 0.301 e. The van der Waals surface area contributed by atoms with Gasteiger partial charge in [-0.1, -0.05) is 59.5 Å². The molecule has 1 aliphatic heterocycles. The predicted molar refractivity (Wildman–Crippen MR) is 152 cm³/mol. The van der Waals surface area contributed by atoms with Crippen LogP contribution in [0.1, 0.15) is 34.1 Å². The quantitative estimate of drug-likeness (QED) is 0.0853. The highest BCUT2D eigenvalue weighted by atomic mass is 32.2. The number of benzene rings is 2. The summed E-state index contributed by atoms with van der Waals surface area (Å²) in [6, 6.07) is 14.2. The van der Waals surface area contributed by atoms with Crippen LogP contribution in [0.15, 0.2) is 76.8 Å². The Hall–Kier alpha value is -4.42. The molecular formula is C29H21F2N5O3S2. The second-order valence-electron chi connectivity index (χ2n) is 9.39. The van der Waals surface area contributed by atoms with Gasteiger partial charge >= 0.3 is 5.91 Å². The zero-order valence-electron chi connectivity index (χ0n) is 21.7. The molecule has 1 atom stereocenters. The van der Waals surface area contributed by atoms with Gasteiger partial charge in [0.15, 0.2) is 10.1 Å². The van der Waals surface area contributed by atoms with E-state index >= 15 is 4.39 Å². The number of carbonyl (C=O) groups excluding carboxylic acids is 2. The van der Waals surface area contributed by atoms with E-state index in [1.54, 1.807) is 35.7 Å². The van der Waals surface area contributed by atoms with Crippen LogP contribution in [0.5, 0.6) is 0 Å². The van der Waals surface area contributed by atoms with E-state index in [1.807, 2.05) is 19.1 Å². The van der Waals surface area contributed by atoms with E-state index in [1.165, 1.54) is 42.1 Å². The molecule has 4 heterocycles. The molecule has 1 saturated heterocycles. The summed E-state index contributed by atoms with van der Waals surface area (Å²) in [6.07, 6.45) is 1.78. The number of rotatable bonds is 6. The Labute approximate surface area is 241 Å². The summed E-state index contributed by atoms with van der Waals surface area (Å²) in [5.41, 5.74) is 2.68. The van der Waals surface area contributed by atoms with Crippen LogP contribution in [-0.4, -0.2) is 36.4 Å². The van der Waals surface area contributed by atoms with E-state index in [0.717, 1.165) is 27.4 Å². The maximum Gasteiger partial charge on any atom is 0.301 e.